The molecule has 0 radical (unpaired) electrons. The number of halogens is 2. The summed E-state index contributed by atoms with van der Waals surface area (Å²) >= 11 is 5.78. The smallest absolute Gasteiger partial charge is 0.147 e. The van der Waals surface area contributed by atoms with Crippen molar-refractivity contribution in [1.29, 1.82) is 0 Å². The van der Waals surface area contributed by atoms with Crippen LogP contribution in [0.25, 0.3) is 0 Å². The minimum atomic E-state index is -0.728. The Bertz CT molecular complexity index is 407. The van der Waals surface area contributed by atoms with Gasteiger partial charge in [0.1, 0.15) is 5.82 Å². The van der Waals surface area contributed by atoms with E-state index in [1.807, 2.05) is 0 Å². The van der Waals surface area contributed by atoms with E-state index in [0.717, 1.165) is 25.7 Å². The van der Waals surface area contributed by atoms with Crippen LogP contribution in [0.2, 0.25) is 5.02 Å². The molecule has 1 N–H and O–H groups in total. The van der Waals surface area contributed by atoms with Gasteiger partial charge in [-0.05, 0) is 24.3 Å². The van der Waals surface area contributed by atoms with Gasteiger partial charge in [-0.15, -0.1) is 0 Å². The summed E-state index contributed by atoms with van der Waals surface area (Å²) in [5.41, 5.74) is 0.354. The Morgan fingerprint density at radius 3 is 2.83 bits per heavy atom. The highest BCUT2D eigenvalue weighted by Crippen LogP contribution is 2.41. The highest BCUT2D eigenvalue weighted by molar-refractivity contribution is 6.30. The van der Waals surface area contributed by atoms with E-state index in [-0.39, 0.29) is 10.9 Å². The second-order valence-corrected chi connectivity index (χ2v) is 5.61. The first kappa shape index (κ1) is 13.8. The summed E-state index contributed by atoms with van der Waals surface area (Å²) in [5, 5.41) is 10.5. The maximum absolute atomic E-state index is 13.9. The van der Waals surface area contributed by atoms with E-state index < -0.39 is 11.9 Å². The SMILES string of the molecule is CCC1CCCCC1C(O)c1cccc(Cl)c1F. The minimum absolute atomic E-state index is 0.0930. The first-order chi connectivity index (χ1) is 8.65. The third-order valence-corrected chi connectivity index (χ3v) is 4.49. The number of benzene rings is 1. The highest BCUT2D eigenvalue weighted by Gasteiger charge is 2.32. The lowest BCUT2D eigenvalue weighted by Gasteiger charge is -2.34. The van der Waals surface area contributed by atoms with Crippen molar-refractivity contribution < 1.29 is 9.50 Å². The Hall–Kier alpha value is -0.600. The third-order valence-electron chi connectivity index (χ3n) is 4.20. The molecule has 0 bridgehead atoms. The molecule has 18 heavy (non-hydrogen) atoms. The van der Waals surface area contributed by atoms with E-state index in [1.54, 1.807) is 12.1 Å². The maximum atomic E-state index is 13.9. The predicted molar refractivity (Wildman–Crippen MR) is 72.1 cm³/mol. The summed E-state index contributed by atoms with van der Waals surface area (Å²) in [7, 11) is 0. The van der Waals surface area contributed by atoms with Gasteiger partial charge < -0.3 is 5.11 Å². The summed E-state index contributed by atoms with van der Waals surface area (Å²) in [5.74, 6) is 0.191. The molecule has 1 saturated carbocycles. The Morgan fingerprint density at radius 2 is 2.11 bits per heavy atom. The van der Waals surface area contributed by atoms with E-state index in [4.69, 9.17) is 11.6 Å². The van der Waals surface area contributed by atoms with Crippen molar-refractivity contribution in [3.63, 3.8) is 0 Å². The molecule has 3 atom stereocenters. The van der Waals surface area contributed by atoms with Crippen LogP contribution in [0, 0.1) is 17.7 Å². The fourth-order valence-corrected chi connectivity index (χ4v) is 3.32. The second-order valence-electron chi connectivity index (χ2n) is 5.20. The number of aliphatic hydroxyl groups excluding tert-OH is 1. The molecule has 1 aliphatic carbocycles. The van der Waals surface area contributed by atoms with Gasteiger partial charge >= 0.3 is 0 Å². The lowest BCUT2D eigenvalue weighted by atomic mass is 9.73. The van der Waals surface area contributed by atoms with Gasteiger partial charge in [0.2, 0.25) is 0 Å². The van der Waals surface area contributed by atoms with Crippen LogP contribution in [0.5, 0.6) is 0 Å². The van der Waals surface area contributed by atoms with Crippen molar-refractivity contribution in [2.75, 3.05) is 0 Å². The molecule has 0 aliphatic heterocycles. The van der Waals surface area contributed by atoms with Crippen LogP contribution in [-0.4, -0.2) is 5.11 Å². The number of hydrogen-bond acceptors (Lipinski definition) is 1. The normalized spacial score (nSPS) is 26.0. The standard InChI is InChI=1S/C15H20ClFO/c1-2-10-6-3-4-7-11(10)15(18)12-8-5-9-13(16)14(12)17/h5,8-11,15,18H,2-4,6-7H2,1H3. The van der Waals surface area contributed by atoms with Crippen LogP contribution in [-0.2, 0) is 0 Å². The maximum Gasteiger partial charge on any atom is 0.147 e. The molecule has 0 aromatic heterocycles. The monoisotopic (exact) mass is 270 g/mol. The first-order valence-electron chi connectivity index (χ1n) is 6.77. The third kappa shape index (κ3) is 2.70. The topological polar surface area (TPSA) is 20.2 Å². The average Bonchev–Trinajstić information content (AvgIpc) is 2.41. The van der Waals surface area contributed by atoms with Crippen LogP contribution < -0.4 is 0 Å². The van der Waals surface area contributed by atoms with Crippen LogP contribution in [0.3, 0.4) is 0 Å². The predicted octanol–water partition coefficient (Wildman–Crippen LogP) is 4.73. The van der Waals surface area contributed by atoms with Gasteiger partial charge in [-0.1, -0.05) is 56.3 Å². The molecule has 1 nitrogen and oxygen atoms in total. The zero-order valence-corrected chi connectivity index (χ0v) is 11.5. The van der Waals surface area contributed by atoms with Gasteiger partial charge in [0.05, 0.1) is 11.1 Å². The summed E-state index contributed by atoms with van der Waals surface area (Å²) in [6.07, 6.45) is 4.78. The lowest BCUT2D eigenvalue weighted by molar-refractivity contribution is 0.0427. The van der Waals surface area contributed by atoms with Gasteiger partial charge in [-0.2, -0.15) is 0 Å². The molecule has 0 spiro atoms. The molecular formula is C15H20ClFO. The molecule has 100 valence electrons. The van der Waals surface area contributed by atoms with Crippen molar-refractivity contribution in [3.05, 3.63) is 34.6 Å². The zero-order chi connectivity index (χ0) is 13.1. The van der Waals surface area contributed by atoms with Gasteiger partial charge in [0, 0.05) is 5.56 Å². The lowest BCUT2D eigenvalue weighted by Crippen LogP contribution is -2.25. The van der Waals surface area contributed by atoms with Crippen molar-refractivity contribution >= 4 is 11.6 Å². The molecule has 2 rings (SSSR count). The molecule has 1 fully saturated rings. The number of hydrogen-bond donors (Lipinski definition) is 1. The largest absolute Gasteiger partial charge is 0.388 e. The van der Waals surface area contributed by atoms with E-state index in [1.165, 1.54) is 12.5 Å². The van der Waals surface area contributed by atoms with Crippen molar-refractivity contribution in [3.8, 4) is 0 Å². The fourth-order valence-electron chi connectivity index (χ4n) is 3.14. The van der Waals surface area contributed by atoms with E-state index >= 15 is 0 Å². The fraction of sp³-hybridized carbons (Fsp3) is 0.600. The van der Waals surface area contributed by atoms with Crippen molar-refractivity contribution in [1.82, 2.24) is 0 Å². The number of rotatable bonds is 3. The molecule has 1 aromatic rings. The van der Waals surface area contributed by atoms with Crippen LogP contribution in [0.1, 0.15) is 50.7 Å². The van der Waals surface area contributed by atoms with E-state index in [2.05, 4.69) is 6.92 Å². The minimum Gasteiger partial charge on any atom is -0.388 e. The van der Waals surface area contributed by atoms with Crippen LogP contribution in [0.4, 0.5) is 4.39 Å². The average molecular weight is 271 g/mol. The quantitative estimate of drug-likeness (QED) is 0.842. The molecule has 0 saturated heterocycles. The Balaban J connectivity index is 2.23. The summed E-state index contributed by atoms with van der Waals surface area (Å²) in [6, 6.07) is 4.87. The van der Waals surface area contributed by atoms with Gasteiger partial charge in [-0.25, -0.2) is 4.39 Å². The van der Waals surface area contributed by atoms with Gasteiger partial charge in [0.25, 0.3) is 0 Å². The Kier molecular flexibility index (Phi) is 4.63. The second kappa shape index (κ2) is 6.03. The van der Waals surface area contributed by atoms with E-state index in [9.17, 15) is 9.50 Å². The molecule has 0 amide bonds. The molecular weight excluding hydrogens is 251 g/mol. The van der Waals surface area contributed by atoms with Crippen molar-refractivity contribution in [2.45, 2.75) is 45.1 Å². The Morgan fingerprint density at radius 1 is 1.39 bits per heavy atom. The zero-order valence-electron chi connectivity index (χ0n) is 10.7. The van der Waals surface area contributed by atoms with E-state index in [0.29, 0.717) is 11.5 Å². The van der Waals surface area contributed by atoms with Crippen LogP contribution in [0.15, 0.2) is 18.2 Å². The molecule has 3 unspecified atom stereocenters. The molecule has 3 heteroatoms. The first-order valence-corrected chi connectivity index (χ1v) is 7.15. The molecule has 0 heterocycles. The summed E-state index contributed by atoms with van der Waals surface area (Å²) in [4.78, 5) is 0. The molecule has 1 aliphatic rings. The summed E-state index contributed by atoms with van der Waals surface area (Å²) in [6.45, 7) is 2.14. The van der Waals surface area contributed by atoms with Gasteiger partial charge in [0.15, 0.2) is 0 Å². The van der Waals surface area contributed by atoms with Crippen molar-refractivity contribution in [2.24, 2.45) is 11.8 Å². The molecule has 1 aromatic carbocycles. The van der Waals surface area contributed by atoms with Crippen LogP contribution >= 0.6 is 11.6 Å². The number of aliphatic hydroxyl groups is 1. The summed E-state index contributed by atoms with van der Waals surface area (Å²) < 4.78 is 13.9. The Labute approximate surface area is 113 Å². The highest BCUT2D eigenvalue weighted by atomic mass is 35.5. The van der Waals surface area contributed by atoms with Gasteiger partial charge in [-0.3, -0.25) is 0 Å².